The zero-order valence-corrected chi connectivity index (χ0v) is 23.7. The van der Waals surface area contributed by atoms with Crippen LogP contribution in [-0.2, 0) is 0 Å². The number of aryl methyl sites for hydroxylation is 1. The number of para-hydroxylation sites is 1. The lowest BCUT2D eigenvalue weighted by atomic mass is 10.1. The zero-order valence-electron chi connectivity index (χ0n) is 23.7. The monoisotopic (exact) mass is 562 g/mol. The molecular weight excluding hydrogens is 540 g/mol. The molecule has 0 amide bonds. The first-order valence-corrected chi connectivity index (χ1v) is 14.4. The molecule has 204 valence electrons. The first-order valence-electron chi connectivity index (χ1n) is 14.4. The highest BCUT2D eigenvalue weighted by molar-refractivity contribution is 6.15. The maximum Gasteiger partial charge on any atom is 0.188 e. The van der Waals surface area contributed by atoms with Crippen molar-refractivity contribution >= 4 is 71.2 Å². The number of nitriles is 1. The average molecular weight is 563 g/mol. The molecule has 3 heterocycles. The van der Waals surface area contributed by atoms with Gasteiger partial charge in [-0.2, -0.15) is 5.26 Å². The SMILES string of the molecule is [C-]#[N+]c1ccc2c(c1)c1cc(C#N)ccc1n2-c1ccc2oc3cccc(-n4c5ccccc5c5cc(C)ccc54)c3c2c1. The summed E-state index contributed by atoms with van der Waals surface area (Å²) in [6.07, 6.45) is 0. The fraction of sp³-hybridized carbons (Fsp3) is 0.0256. The van der Waals surface area contributed by atoms with Crippen LogP contribution in [0.5, 0.6) is 0 Å². The Balaban J connectivity index is 1.37. The third-order valence-corrected chi connectivity index (χ3v) is 8.79. The van der Waals surface area contributed by atoms with Crippen molar-refractivity contribution in [2.75, 3.05) is 0 Å². The largest absolute Gasteiger partial charge is 0.456 e. The van der Waals surface area contributed by atoms with Gasteiger partial charge in [0, 0.05) is 27.2 Å². The Kier molecular flexibility index (Phi) is 4.89. The molecule has 3 aromatic heterocycles. The summed E-state index contributed by atoms with van der Waals surface area (Å²) in [6, 6.07) is 41.6. The number of aromatic nitrogens is 2. The molecule has 0 saturated heterocycles. The Bertz CT molecular complexity index is 2690. The smallest absolute Gasteiger partial charge is 0.188 e. The Hall–Kier alpha value is -6.30. The molecule has 5 heteroatoms. The molecule has 6 aromatic carbocycles. The topological polar surface area (TPSA) is 51.1 Å². The number of nitrogens with zero attached hydrogens (tertiary/aromatic N) is 4. The molecule has 0 atom stereocenters. The predicted molar refractivity (Wildman–Crippen MR) is 178 cm³/mol. The van der Waals surface area contributed by atoms with Crippen molar-refractivity contribution in [3.8, 4) is 17.4 Å². The second-order valence-electron chi connectivity index (χ2n) is 11.3. The minimum absolute atomic E-state index is 0.571. The Morgan fingerprint density at radius 3 is 2.25 bits per heavy atom. The van der Waals surface area contributed by atoms with Crippen molar-refractivity contribution < 1.29 is 4.42 Å². The molecule has 0 saturated carbocycles. The lowest BCUT2D eigenvalue weighted by Crippen LogP contribution is -1.95. The molecule has 0 aliphatic carbocycles. The molecule has 0 spiro atoms. The summed E-state index contributed by atoms with van der Waals surface area (Å²) in [5.74, 6) is 0. The van der Waals surface area contributed by atoms with E-state index in [0.29, 0.717) is 11.3 Å². The Morgan fingerprint density at radius 2 is 1.39 bits per heavy atom. The van der Waals surface area contributed by atoms with Gasteiger partial charge in [-0.25, -0.2) is 4.85 Å². The van der Waals surface area contributed by atoms with Crippen LogP contribution >= 0.6 is 0 Å². The average Bonchev–Trinajstić information content (AvgIpc) is 3.71. The Morgan fingerprint density at radius 1 is 0.636 bits per heavy atom. The molecule has 0 aliphatic heterocycles. The molecule has 0 N–H and O–H groups in total. The number of fused-ring (bicyclic) bond motifs is 9. The second-order valence-corrected chi connectivity index (χ2v) is 11.3. The van der Waals surface area contributed by atoms with Crippen molar-refractivity contribution in [1.82, 2.24) is 9.13 Å². The van der Waals surface area contributed by atoms with Gasteiger partial charge in [0.1, 0.15) is 11.2 Å². The van der Waals surface area contributed by atoms with E-state index in [0.717, 1.165) is 66.2 Å². The number of rotatable bonds is 2. The maximum absolute atomic E-state index is 9.62. The molecule has 9 rings (SSSR count). The zero-order chi connectivity index (χ0) is 29.5. The van der Waals surface area contributed by atoms with Gasteiger partial charge in [0.2, 0.25) is 0 Å². The summed E-state index contributed by atoms with van der Waals surface area (Å²) in [4.78, 5) is 3.66. The molecule has 0 radical (unpaired) electrons. The molecule has 9 aromatic rings. The van der Waals surface area contributed by atoms with Gasteiger partial charge in [-0.15, -0.1) is 0 Å². The quantitative estimate of drug-likeness (QED) is 0.197. The van der Waals surface area contributed by atoms with E-state index in [2.05, 4.69) is 93.7 Å². The third-order valence-electron chi connectivity index (χ3n) is 8.79. The van der Waals surface area contributed by atoms with E-state index in [1.54, 1.807) is 0 Å². The van der Waals surface area contributed by atoms with Gasteiger partial charge in [-0.3, -0.25) is 0 Å². The van der Waals surface area contributed by atoms with Crippen LogP contribution in [0.25, 0.3) is 81.8 Å². The van der Waals surface area contributed by atoms with Gasteiger partial charge in [0.15, 0.2) is 5.69 Å². The van der Waals surface area contributed by atoms with Crippen LogP contribution in [0.3, 0.4) is 0 Å². The van der Waals surface area contributed by atoms with Gasteiger partial charge in [-0.05, 0) is 91.2 Å². The van der Waals surface area contributed by atoms with Gasteiger partial charge in [0.05, 0.1) is 51.3 Å². The third kappa shape index (κ3) is 3.27. The summed E-state index contributed by atoms with van der Waals surface area (Å²) in [6.45, 7) is 9.70. The van der Waals surface area contributed by atoms with E-state index < -0.39 is 0 Å². The van der Waals surface area contributed by atoms with E-state index in [4.69, 9.17) is 11.0 Å². The number of benzene rings is 6. The van der Waals surface area contributed by atoms with Crippen molar-refractivity contribution in [2.24, 2.45) is 0 Å². The van der Waals surface area contributed by atoms with E-state index >= 15 is 0 Å². The molecule has 0 bridgehead atoms. The highest BCUT2D eigenvalue weighted by Crippen LogP contribution is 2.41. The highest BCUT2D eigenvalue weighted by atomic mass is 16.3. The van der Waals surface area contributed by atoms with Gasteiger partial charge in [-0.1, -0.05) is 42.0 Å². The minimum atomic E-state index is 0.571. The van der Waals surface area contributed by atoms with E-state index in [9.17, 15) is 5.26 Å². The van der Waals surface area contributed by atoms with Crippen LogP contribution in [0.1, 0.15) is 11.1 Å². The lowest BCUT2D eigenvalue weighted by molar-refractivity contribution is 0.669. The normalized spacial score (nSPS) is 11.7. The molecule has 0 aliphatic rings. The van der Waals surface area contributed by atoms with E-state index in [1.807, 2.05) is 48.5 Å². The van der Waals surface area contributed by atoms with Gasteiger partial charge in [0.25, 0.3) is 0 Å². The summed E-state index contributed by atoms with van der Waals surface area (Å²) in [5, 5.41) is 16.0. The maximum atomic E-state index is 9.62. The fourth-order valence-corrected chi connectivity index (χ4v) is 6.90. The lowest BCUT2D eigenvalue weighted by Gasteiger charge is -2.11. The predicted octanol–water partition coefficient (Wildman–Crippen LogP) is 10.5. The van der Waals surface area contributed by atoms with Crippen LogP contribution in [0.4, 0.5) is 5.69 Å². The molecular formula is C39H22N4O. The Labute approximate surface area is 251 Å². The van der Waals surface area contributed by atoms with E-state index in [1.165, 1.54) is 16.3 Å². The van der Waals surface area contributed by atoms with Crippen molar-refractivity contribution in [3.63, 3.8) is 0 Å². The van der Waals surface area contributed by atoms with Gasteiger partial charge < -0.3 is 13.6 Å². The standard InChI is InChI=1S/C39H22N4O/c1-23-10-14-35-28(18-23)27-6-3-4-7-32(27)43(35)36-8-5-9-38-39(36)31-21-26(13-17-37(31)44-38)42-33-15-11-24(22-40)19-29(33)30-20-25(41-2)12-16-34(30)42/h3-21H,1H3. The van der Waals surface area contributed by atoms with Crippen LogP contribution in [0.15, 0.2) is 120 Å². The molecule has 0 unspecified atom stereocenters. The molecule has 0 fully saturated rings. The summed E-state index contributed by atoms with van der Waals surface area (Å²) >= 11 is 0. The highest BCUT2D eigenvalue weighted by Gasteiger charge is 2.19. The minimum Gasteiger partial charge on any atom is -0.456 e. The molecule has 44 heavy (non-hydrogen) atoms. The van der Waals surface area contributed by atoms with Crippen LogP contribution in [0, 0.1) is 24.8 Å². The van der Waals surface area contributed by atoms with Gasteiger partial charge >= 0.3 is 0 Å². The van der Waals surface area contributed by atoms with Crippen LogP contribution < -0.4 is 0 Å². The first-order chi connectivity index (χ1) is 21.6. The van der Waals surface area contributed by atoms with E-state index in [-0.39, 0.29) is 0 Å². The van der Waals surface area contributed by atoms with Crippen molar-refractivity contribution in [1.29, 1.82) is 5.26 Å². The van der Waals surface area contributed by atoms with Crippen LogP contribution in [-0.4, -0.2) is 9.13 Å². The summed E-state index contributed by atoms with van der Waals surface area (Å²) in [7, 11) is 0. The first kappa shape index (κ1) is 24.3. The number of furan rings is 1. The van der Waals surface area contributed by atoms with Crippen molar-refractivity contribution in [3.05, 3.63) is 138 Å². The molecule has 5 nitrogen and oxygen atoms in total. The number of hydrogen-bond donors (Lipinski definition) is 0. The summed E-state index contributed by atoms with van der Waals surface area (Å²) < 4.78 is 11.0. The van der Waals surface area contributed by atoms with Crippen LogP contribution in [0.2, 0.25) is 0 Å². The number of hydrogen-bond acceptors (Lipinski definition) is 2. The summed E-state index contributed by atoms with van der Waals surface area (Å²) in [5.41, 5.74) is 10.3. The fourth-order valence-electron chi connectivity index (χ4n) is 6.90. The second kappa shape index (κ2) is 8.85. The van der Waals surface area contributed by atoms with Crippen molar-refractivity contribution in [2.45, 2.75) is 6.92 Å².